The van der Waals surface area contributed by atoms with E-state index in [1.165, 1.54) is 0 Å². The van der Waals surface area contributed by atoms with E-state index < -0.39 is 35.4 Å². The van der Waals surface area contributed by atoms with Gasteiger partial charge in [-0.2, -0.15) is 5.26 Å². The van der Waals surface area contributed by atoms with Crippen LogP contribution in [0.25, 0.3) is 0 Å². The van der Waals surface area contributed by atoms with E-state index in [4.69, 9.17) is 14.7 Å². The third-order valence-corrected chi connectivity index (χ3v) is 4.06. The lowest BCUT2D eigenvalue weighted by Crippen LogP contribution is -2.55. The van der Waals surface area contributed by atoms with Gasteiger partial charge in [0.2, 0.25) is 0 Å². The van der Waals surface area contributed by atoms with Crippen molar-refractivity contribution in [3.05, 3.63) is 29.3 Å². The summed E-state index contributed by atoms with van der Waals surface area (Å²) >= 11 is 0. The van der Waals surface area contributed by atoms with Crippen molar-refractivity contribution < 1.29 is 19.4 Å². The van der Waals surface area contributed by atoms with Crippen LogP contribution in [-0.2, 0) is 9.53 Å². The first-order valence-electron chi connectivity index (χ1n) is 8.34. The summed E-state index contributed by atoms with van der Waals surface area (Å²) in [5.41, 5.74) is -0.314. The Labute approximate surface area is 148 Å². The molecule has 1 aliphatic rings. The largest absolute Gasteiger partial charge is 0.485 e. The van der Waals surface area contributed by atoms with Crippen LogP contribution in [0.2, 0.25) is 0 Å². The van der Waals surface area contributed by atoms with Crippen LogP contribution in [0, 0.1) is 11.3 Å². The molecular formula is C19H26N2O4. The van der Waals surface area contributed by atoms with Crippen LogP contribution >= 0.6 is 0 Å². The number of hydrogen-bond acceptors (Lipinski definition) is 6. The molecule has 0 saturated heterocycles. The van der Waals surface area contributed by atoms with Crippen molar-refractivity contribution in [1.82, 2.24) is 5.32 Å². The highest BCUT2D eigenvalue weighted by Gasteiger charge is 2.44. The lowest BCUT2D eigenvalue weighted by Gasteiger charge is -2.43. The molecular weight excluding hydrogens is 320 g/mol. The normalized spacial score (nSPS) is 23.0. The van der Waals surface area contributed by atoms with Crippen LogP contribution in [-0.4, -0.2) is 34.4 Å². The Morgan fingerprint density at radius 3 is 2.64 bits per heavy atom. The topological polar surface area (TPSA) is 91.6 Å². The number of aliphatic hydroxyl groups excluding tert-OH is 1. The second-order valence-corrected chi connectivity index (χ2v) is 7.91. The number of rotatable bonds is 3. The molecule has 0 aromatic heterocycles. The molecule has 1 heterocycles. The summed E-state index contributed by atoms with van der Waals surface area (Å²) in [5, 5.41) is 23.0. The Morgan fingerprint density at radius 2 is 2.08 bits per heavy atom. The summed E-state index contributed by atoms with van der Waals surface area (Å²) < 4.78 is 11.3. The highest BCUT2D eigenvalue weighted by atomic mass is 16.6. The number of benzene rings is 1. The quantitative estimate of drug-likeness (QED) is 0.817. The molecule has 1 aromatic carbocycles. The van der Waals surface area contributed by atoms with Crippen LogP contribution in [0.3, 0.4) is 0 Å². The zero-order valence-electron chi connectivity index (χ0n) is 15.6. The van der Waals surface area contributed by atoms with E-state index >= 15 is 0 Å². The molecule has 2 N–H and O–H groups in total. The number of carbonyl (C=O) groups is 1. The molecule has 2 rings (SSSR count). The van der Waals surface area contributed by atoms with Gasteiger partial charge in [0.05, 0.1) is 17.7 Å². The molecule has 6 nitrogen and oxygen atoms in total. The summed E-state index contributed by atoms with van der Waals surface area (Å²) in [5.74, 6) is 0.185. The SMILES string of the molecule is C[C@H](N[C@H]1c2cc(C#N)ccc2OC(C)(C)[C@@H]1O)C(=O)OC(C)(C)C. The summed E-state index contributed by atoms with van der Waals surface area (Å²) in [4.78, 5) is 12.3. The summed E-state index contributed by atoms with van der Waals surface area (Å²) in [6.07, 6.45) is -0.904. The first-order valence-corrected chi connectivity index (χ1v) is 8.34. The zero-order chi connectivity index (χ0) is 19.0. The maximum Gasteiger partial charge on any atom is 0.323 e. The Hall–Kier alpha value is -2.10. The Balaban J connectivity index is 2.32. The molecule has 25 heavy (non-hydrogen) atoms. The van der Waals surface area contributed by atoms with Gasteiger partial charge >= 0.3 is 5.97 Å². The summed E-state index contributed by atoms with van der Waals surface area (Å²) in [6, 6.07) is 5.95. The highest BCUT2D eigenvalue weighted by Crippen LogP contribution is 2.40. The van der Waals surface area contributed by atoms with Gasteiger partial charge in [-0.25, -0.2) is 0 Å². The number of aliphatic hydroxyl groups is 1. The number of nitrogens with one attached hydrogen (secondary N) is 1. The third-order valence-electron chi connectivity index (χ3n) is 4.06. The fraction of sp³-hybridized carbons (Fsp3) is 0.579. The molecule has 1 aromatic rings. The number of esters is 1. The number of hydrogen-bond donors (Lipinski definition) is 2. The van der Waals surface area contributed by atoms with Gasteiger partial charge in [0.1, 0.15) is 29.1 Å². The predicted octanol–water partition coefficient (Wildman–Crippen LogP) is 2.45. The number of nitrogens with zero attached hydrogens (tertiary/aromatic N) is 1. The molecule has 136 valence electrons. The number of carbonyl (C=O) groups excluding carboxylic acids is 1. The highest BCUT2D eigenvalue weighted by molar-refractivity contribution is 5.75. The maximum absolute atomic E-state index is 12.3. The number of ether oxygens (including phenoxy) is 2. The number of fused-ring (bicyclic) bond motifs is 1. The Bertz CT molecular complexity index is 700. The number of nitriles is 1. The van der Waals surface area contributed by atoms with Gasteiger partial charge in [0, 0.05) is 5.56 Å². The molecule has 3 atom stereocenters. The van der Waals surface area contributed by atoms with E-state index in [0.29, 0.717) is 16.9 Å². The van der Waals surface area contributed by atoms with Gasteiger partial charge in [-0.05, 0) is 59.7 Å². The molecule has 0 aliphatic carbocycles. The minimum atomic E-state index is -0.904. The predicted molar refractivity (Wildman–Crippen MR) is 93.1 cm³/mol. The van der Waals surface area contributed by atoms with Gasteiger partial charge in [-0.15, -0.1) is 0 Å². The molecule has 1 aliphatic heterocycles. The summed E-state index contributed by atoms with van der Waals surface area (Å²) in [7, 11) is 0. The monoisotopic (exact) mass is 346 g/mol. The molecule has 6 heteroatoms. The first kappa shape index (κ1) is 19.2. The average molecular weight is 346 g/mol. The van der Waals surface area contributed by atoms with E-state index in [1.54, 1.807) is 59.7 Å². The molecule has 0 radical (unpaired) electrons. The van der Waals surface area contributed by atoms with Crippen molar-refractivity contribution in [3.8, 4) is 11.8 Å². The minimum absolute atomic E-state index is 0.401. The van der Waals surface area contributed by atoms with Crippen LogP contribution in [0.1, 0.15) is 58.7 Å². The van der Waals surface area contributed by atoms with Gasteiger partial charge in [0.25, 0.3) is 0 Å². The first-order chi connectivity index (χ1) is 11.4. The Morgan fingerprint density at radius 1 is 1.44 bits per heavy atom. The van der Waals surface area contributed by atoms with Crippen LogP contribution in [0.15, 0.2) is 18.2 Å². The van der Waals surface area contributed by atoms with Gasteiger partial charge in [-0.1, -0.05) is 0 Å². The van der Waals surface area contributed by atoms with E-state index in [1.807, 2.05) is 0 Å². The standard InChI is InChI=1S/C19H26N2O4/c1-11(17(23)25-18(2,3)4)21-15-13-9-12(10-20)7-8-14(13)24-19(5,6)16(15)22/h7-9,11,15-16,21-22H,1-6H3/t11-,15-,16+/m0/s1. The van der Waals surface area contributed by atoms with Crippen molar-refractivity contribution in [2.75, 3.05) is 0 Å². The van der Waals surface area contributed by atoms with E-state index in [-0.39, 0.29) is 0 Å². The fourth-order valence-corrected chi connectivity index (χ4v) is 2.78. The van der Waals surface area contributed by atoms with E-state index in [0.717, 1.165) is 0 Å². The third kappa shape index (κ3) is 4.30. The van der Waals surface area contributed by atoms with E-state index in [9.17, 15) is 9.90 Å². The second-order valence-electron chi connectivity index (χ2n) is 7.91. The van der Waals surface area contributed by atoms with Gasteiger partial charge < -0.3 is 14.6 Å². The molecule has 0 amide bonds. The van der Waals surface area contributed by atoms with Crippen molar-refractivity contribution in [1.29, 1.82) is 5.26 Å². The lowest BCUT2D eigenvalue weighted by atomic mass is 9.85. The van der Waals surface area contributed by atoms with Crippen molar-refractivity contribution in [2.45, 2.75) is 70.9 Å². The average Bonchev–Trinajstić information content (AvgIpc) is 2.49. The minimum Gasteiger partial charge on any atom is -0.485 e. The summed E-state index contributed by atoms with van der Waals surface area (Å²) in [6.45, 7) is 10.7. The molecule has 0 bridgehead atoms. The molecule has 0 saturated carbocycles. The van der Waals surface area contributed by atoms with Crippen LogP contribution in [0.4, 0.5) is 0 Å². The zero-order valence-corrected chi connectivity index (χ0v) is 15.6. The van der Waals surface area contributed by atoms with Crippen molar-refractivity contribution >= 4 is 5.97 Å². The van der Waals surface area contributed by atoms with Crippen molar-refractivity contribution in [2.24, 2.45) is 0 Å². The second kappa shape index (κ2) is 6.66. The Kier molecular flexibility index (Phi) is 5.12. The van der Waals surface area contributed by atoms with Crippen LogP contribution in [0.5, 0.6) is 5.75 Å². The van der Waals surface area contributed by atoms with Crippen molar-refractivity contribution in [3.63, 3.8) is 0 Å². The molecule has 0 fully saturated rings. The van der Waals surface area contributed by atoms with E-state index in [2.05, 4.69) is 11.4 Å². The molecule has 0 spiro atoms. The molecule has 0 unspecified atom stereocenters. The van der Waals surface area contributed by atoms with Gasteiger partial charge in [-0.3, -0.25) is 10.1 Å². The fourth-order valence-electron chi connectivity index (χ4n) is 2.78. The van der Waals surface area contributed by atoms with Gasteiger partial charge in [0.15, 0.2) is 0 Å². The van der Waals surface area contributed by atoms with Crippen LogP contribution < -0.4 is 10.1 Å². The maximum atomic E-state index is 12.3. The lowest BCUT2D eigenvalue weighted by molar-refractivity contribution is -0.158. The smallest absolute Gasteiger partial charge is 0.323 e.